The van der Waals surface area contributed by atoms with Gasteiger partial charge in [0.15, 0.2) is 5.75 Å². The quantitative estimate of drug-likeness (QED) is 0.812. The number of rotatable bonds is 5. The summed E-state index contributed by atoms with van der Waals surface area (Å²) in [6.45, 7) is 4.93. The summed E-state index contributed by atoms with van der Waals surface area (Å²) >= 11 is 5.88. The van der Waals surface area contributed by atoms with Crippen molar-refractivity contribution in [3.05, 3.63) is 17.3 Å². The number of methoxy groups -OCH3 is 1. The average molecular weight is 273 g/mol. The van der Waals surface area contributed by atoms with Crippen LogP contribution < -0.4 is 9.47 Å². The van der Waals surface area contributed by atoms with Crippen molar-refractivity contribution in [2.24, 2.45) is 0 Å². The highest BCUT2D eigenvalue weighted by Crippen LogP contribution is 2.26. The van der Waals surface area contributed by atoms with Gasteiger partial charge in [-0.1, -0.05) is 11.6 Å². The Morgan fingerprint density at radius 1 is 1.44 bits per heavy atom. The molecule has 0 radical (unpaired) electrons. The molecule has 2 heterocycles. The van der Waals surface area contributed by atoms with E-state index in [0.29, 0.717) is 23.3 Å². The van der Waals surface area contributed by atoms with Crippen LogP contribution in [0.1, 0.15) is 0 Å². The Kier molecular flexibility index (Phi) is 5.04. The molecule has 1 aromatic rings. The molecular formula is C12H17ClN2O3. The van der Waals surface area contributed by atoms with Crippen LogP contribution in [0.3, 0.4) is 0 Å². The van der Waals surface area contributed by atoms with Gasteiger partial charge in [-0.3, -0.25) is 4.90 Å². The minimum atomic E-state index is 0.460. The van der Waals surface area contributed by atoms with Gasteiger partial charge in [-0.05, 0) is 0 Å². The third-order valence-corrected chi connectivity index (χ3v) is 2.95. The second-order valence-corrected chi connectivity index (χ2v) is 4.40. The molecule has 0 unspecified atom stereocenters. The van der Waals surface area contributed by atoms with Crippen molar-refractivity contribution in [2.75, 3.05) is 46.6 Å². The molecule has 18 heavy (non-hydrogen) atoms. The van der Waals surface area contributed by atoms with Gasteiger partial charge in [-0.2, -0.15) is 0 Å². The molecule has 100 valence electrons. The van der Waals surface area contributed by atoms with E-state index < -0.39 is 0 Å². The molecule has 0 saturated carbocycles. The topological polar surface area (TPSA) is 43.8 Å². The number of hydrogen-bond donors (Lipinski definition) is 0. The molecule has 0 N–H and O–H groups in total. The predicted molar refractivity (Wildman–Crippen MR) is 68.6 cm³/mol. The number of morpholine rings is 1. The van der Waals surface area contributed by atoms with Crippen molar-refractivity contribution in [1.82, 2.24) is 9.88 Å². The van der Waals surface area contributed by atoms with Crippen LogP contribution in [0.2, 0.25) is 5.02 Å². The maximum Gasteiger partial charge on any atom is 0.256 e. The molecule has 1 aromatic heterocycles. The molecule has 1 aliphatic heterocycles. The molecule has 0 atom stereocenters. The van der Waals surface area contributed by atoms with E-state index >= 15 is 0 Å². The highest BCUT2D eigenvalue weighted by atomic mass is 35.5. The number of hydrogen-bond acceptors (Lipinski definition) is 5. The molecule has 0 bridgehead atoms. The lowest BCUT2D eigenvalue weighted by Crippen LogP contribution is -2.38. The molecule has 6 heteroatoms. The van der Waals surface area contributed by atoms with Crippen molar-refractivity contribution >= 4 is 11.6 Å². The van der Waals surface area contributed by atoms with Crippen LogP contribution in [0.5, 0.6) is 11.6 Å². The minimum absolute atomic E-state index is 0.460. The molecule has 0 aliphatic carbocycles. The zero-order valence-electron chi connectivity index (χ0n) is 10.4. The van der Waals surface area contributed by atoms with Gasteiger partial charge in [0.25, 0.3) is 5.88 Å². The SMILES string of the molecule is COc1ncc(Cl)cc1OCCN1CCOCC1. The van der Waals surface area contributed by atoms with Crippen molar-refractivity contribution in [3.63, 3.8) is 0 Å². The fourth-order valence-electron chi connectivity index (χ4n) is 1.77. The van der Waals surface area contributed by atoms with Gasteiger partial charge in [0, 0.05) is 31.9 Å². The normalized spacial score (nSPS) is 16.6. The summed E-state index contributed by atoms with van der Waals surface area (Å²) in [4.78, 5) is 6.35. The summed E-state index contributed by atoms with van der Waals surface area (Å²) in [5.74, 6) is 1.04. The van der Waals surface area contributed by atoms with Gasteiger partial charge >= 0.3 is 0 Å². The standard InChI is InChI=1S/C12H17ClN2O3/c1-16-12-11(8-10(13)9-14-12)18-7-4-15-2-5-17-6-3-15/h8-9H,2-7H2,1H3. The summed E-state index contributed by atoms with van der Waals surface area (Å²) < 4.78 is 16.1. The van der Waals surface area contributed by atoms with E-state index in [0.717, 1.165) is 32.8 Å². The van der Waals surface area contributed by atoms with Crippen LogP contribution in [0.15, 0.2) is 12.3 Å². The first-order valence-electron chi connectivity index (χ1n) is 5.92. The van der Waals surface area contributed by atoms with Gasteiger partial charge in [0.2, 0.25) is 0 Å². The van der Waals surface area contributed by atoms with Crippen molar-refractivity contribution in [1.29, 1.82) is 0 Å². The minimum Gasteiger partial charge on any atom is -0.487 e. The Morgan fingerprint density at radius 3 is 2.94 bits per heavy atom. The van der Waals surface area contributed by atoms with E-state index in [1.807, 2.05) is 0 Å². The van der Waals surface area contributed by atoms with Crippen molar-refractivity contribution < 1.29 is 14.2 Å². The first kappa shape index (κ1) is 13.4. The Labute approximate surface area is 112 Å². The second-order valence-electron chi connectivity index (χ2n) is 3.96. The van der Waals surface area contributed by atoms with Crippen LogP contribution in [0.25, 0.3) is 0 Å². The van der Waals surface area contributed by atoms with Gasteiger partial charge < -0.3 is 14.2 Å². The van der Waals surface area contributed by atoms with E-state index in [2.05, 4.69) is 9.88 Å². The molecule has 5 nitrogen and oxygen atoms in total. The monoisotopic (exact) mass is 272 g/mol. The molecule has 1 saturated heterocycles. The first-order chi connectivity index (χ1) is 8.79. The Morgan fingerprint density at radius 2 is 2.22 bits per heavy atom. The first-order valence-corrected chi connectivity index (χ1v) is 6.30. The lowest BCUT2D eigenvalue weighted by Gasteiger charge is -2.26. The number of ether oxygens (including phenoxy) is 3. The van der Waals surface area contributed by atoms with Crippen LogP contribution in [0.4, 0.5) is 0 Å². The lowest BCUT2D eigenvalue weighted by atomic mass is 10.4. The third-order valence-electron chi connectivity index (χ3n) is 2.75. The fourth-order valence-corrected chi connectivity index (χ4v) is 1.92. The molecule has 0 amide bonds. The largest absolute Gasteiger partial charge is 0.487 e. The molecule has 1 fully saturated rings. The van der Waals surface area contributed by atoms with Gasteiger partial charge in [-0.25, -0.2) is 4.98 Å². The summed E-state index contributed by atoms with van der Waals surface area (Å²) in [5, 5.41) is 0.539. The van der Waals surface area contributed by atoms with Crippen LogP contribution >= 0.6 is 11.6 Å². The molecule has 1 aliphatic rings. The van der Waals surface area contributed by atoms with E-state index in [9.17, 15) is 0 Å². The number of halogens is 1. The highest BCUT2D eigenvalue weighted by Gasteiger charge is 2.11. The molecular weight excluding hydrogens is 256 g/mol. The maximum absolute atomic E-state index is 5.88. The highest BCUT2D eigenvalue weighted by molar-refractivity contribution is 6.30. The zero-order chi connectivity index (χ0) is 12.8. The second kappa shape index (κ2) is 6.78. The number of pyridine rings is 1. The van der Waals surface area contributed by atoms with Crippen LogP contribution in [-0.2, 0) is 4.74 Å². The predicted octanol–water partition coefficient (Wildman–Crippen LogP) is 1.45. The Hall–Kier alpha value is -1.04. The Balaban J connectivity index is 1.83. The van der Waals surface area contributed by atoms with Gasteiger partial charge in [-0.15, -0.1) is 0 Å². The Bertz CT molecular complexity index is 384. The zero-order valence-corrected chi connectivity index (χ0v) is 11.2. The molecule has 2 rings (SSSR count). The summed E-state index contributed by atoms with van der Waals surface area (Å²) in [7, 11) is 1.56. The van der Waals surface area contributed by atoms with Crippen molar-refractivity contribution in [2.45, 2.75) is 0 Å². The van der Waals surface area contributed by atoms with Crippen molar-refractivity contribution in [3.8, 4) is 11.6 Å². The van der Waals surface area contributed by atoms with Gasteiger partial charge in [0.1, 0.15) is 6.61 Å². The number of aromatic nitrogens is 1. The third kappa shape index (κ3) is 3.73. The van der Waals surface area contributed by atoms with Gasteiger partial charge in [0.05, 0.1) is 25.3 Å². The van der Waals surface area contributed by atoms with Crippen LogP contribution in [-0.4, -0.2) is 56.4 Å². The molecule has 0 aromatic carbocycles. The lowest BCUT2D eigenvalue weighted by molar-refractivity contribution is 0.0321. The summed E-state index contributed by atoms with van der Waals surface area (Å²) in [6.07, 6.45) is 1.54. The maximum atomic E-state index is 5.88. The van der Waals surface area contributed by atoms with Crippen LogP contribution in [0, 0.1) is 0 Å². The van der Waals surface area contributed by atoms with E-state index in [1.165, 1.54) is 6.20 Å². The van der Waals surface area contributed by atoms with E-state index in [4.69, 9.17) is 25.8 Å². The summed E-state index contributed by atoms with van der Waals surface area (Å²) in [5.41, 5.74) is 0. The smallest absolute Gasteiger partial charge is 0.256 e. The summed E-state index contributed by atoms with van der Waals surface area (Å²) in [6, 6.07) is 1.71. The average Bonchev–Trinajstić information content (AvgIpc) is 2.40. The van der Waals surface area contributed by atoms with E-state index in [-0.39, 0.29) is 0 Å². The fraction of sp³-hybridized carbons (Fsp3) is 0.583. The molecule has 0 spiro atoms. The number of nitrogens with zero attached hydrogens (tertiary/aromatic N) is 2. The van der Waals surface area contributed by atoms with E-state index in [1.54, 1.807) is 13.2 Å².